The first-order valence-electron chi connectivity index (χ1n) is 9.16. The maximum atomic E-state index is 12.4. The summed E-state index contributed by atoms with van der Waals surface area (Å²) in [6.07, 6.45) is 0.728. The van der Waals surface area contributed by atoms with Crippen molar-refractivity contribution in [1.29, 1.82) is 0 Å². The van der Waals surface area contributed by atoms with Gasteiger partial charge in [-0.2, -0.15) is 0 Å². The van der Waals surface area contributed by atoms with Gasteiger partial charge in [-0.1, -0.05) is 65.8 Å². The largest absolute Gasteiger partial charge is 0.487 e. The molecule has 28 heavy (non-hydrogen) atoms. The van der Waals surface area contributed by atoms with Gasteiger partial charge >= 0.3 is 5.97 Å². The van der Waals surface area contributed by atoms with Crippen LogP contribution in [0.2, 0.25) is 0 Å². The van der Waals surface area contributed by atoms with E-state index >= 15 is 0 Å². The van der Waals surface area contributed by atoms with Gasteiger partial charge < -0.3 is 14.3 Å². The number of fused-ring (bicyclic) bond motifs is 1. The van der Waals surface area contributed by atoms with E-state index in [9.17, 15) is 4.79 Å². The third-order valence-electron chi connectivity index (χ3n) is 4.86. The van der Waals surface area contributed by atoms with E-state index in [1.165, 1.54) is 7.11 Å². The van der Waals surface area contributed by atoms with Gasteiger partial charge in [-0.15, -0.1) is 0 Å². The first-order valence-corrected chi connectivity index (χ1v) is 9.16. The molecule has 3 aromatic carbocycles. The highest BCUT2D eigenvalue weighted by molar-refractivity contribution is 5.95. The van der Waals surface area contributed by atoms with Crippen molar-refractivity contribution < 1.29 is 19.1 Å². The van der Waals surface area contributed by atoms with E-state index in [1.54, 1.807) is 0 Å². The van der Waals surface area contributed by atoms with Gasteiger partial charge in [-0.3, -0.25) is 0 Å². The highest BCUT2D eigenvalue weighted by atomic mass is 16.7. The summed E-state index contributed by atoms with van der Waals surface area (Å²) in [6, 6.07) is 23.7. The van der Waals surface area contributed by atoms with E-state index < -0.39 is 11.6 Å². The van der Waals surface area contributed by atoms with Gasteiger partial charge in [0.2, 0.25) is 5.60 Å². The molecule has 1 unspecified atom stereocenters. The molecule has 3 aromatic rings. The summed E-state index contributed by atoms with van der Waals surface area (Å²) in [5, 5.41) is 6.39. The molecule has 5 heteroatoms. The van der Waals surface area contributed by atoms with E-state index in [0.717, 1.165) is 22.1 Å². The molecule has 5 nitrogen and oxygen atoms in total. The fraction of sp³-hybridized carbons (Fsp3) is 0.217. The monoisotopic (exact) mass is 375 g/mol. The van der Waals surface area contributed by atoms with E-state index in [2.05, 4.69) is 11.2 Å². The number of esters is 1. The zero-order valence-corrected chi connectivity index (χ0v) is 15.6. The van der Waals surface area contributed by atoms with Gasteiger partial charge in [0, 0.05) is 12.8 Å². The third kappa shape index (κ3) is 3.69. The van der Waals surface area contributed by atoms with Gasteiger partial charge in [0.05, 0.1) is 12.8 Å². The molecule has 0 spiro atoms. The number of carbonyl (C=O) groups excluding carboxylic acids is 1. The third-order valence-corrected chi connectivity index (χ3v) is 4.86. The minimum absolute atomic E-state index is 0.256. The first kappa shape index (κ1) is 18.0. The minimum atomic E-state index is -1.14. The molecule has 0 amide bonds. The Morgan fingerprint density at radius 2 is 1.79 bits per heavy atom. The van der Waals surface area contributed by atoms with E-state index in [1.807, 2.05) is 66.7 Å². The van der Waals surface area contributed by atoms with Crippen molar-refractivity contribution in [3.8, 4) is 5.75 Å². The number of rotatable bonds is 6. The second kappa shape index (κ2) is 7.72. The maximum Gasteiger partial charge on any atom is 0.353 e. The smallest absolute Gasteiger partial charge is 0.353 e. The molecule has 1 aliphatic heterocycles. The molecule has 1 aliphatic rings. The zero-order valence-electron chi connectivity index (χ0n) is 15.6. The van der Waals surface area contributed by atoms with Crippen molar-refractivity contribution in [2.24, 2.45) is 5.16 Å². The van der Waals surface area contributed by atoms with Crippen LogP contribution in [0, 0.1) is 0 Å². The second-order valence-corrected chi connectivity index (χ2v) is 6.87. The van der Waals surface area contributed by atoms with Crippen molar-refractivity contribution >= 4 is 22.5 Å². The Bertz CT molecular complexity index is 1020. The van der Waals surface area contributed by atoms with Crippen LogP contribution in [-0.2, 0) is 20.8 Å². The van der Waals surface area contributed by atoms with Crippen molar-refractivity contribution in [3.63, 3.8) is 0 Å². The Kier molecular flexibility index (Phi) is 4.98. The summed E-state index contributed by atoms with van der Waals surface area (Å²) in [4.78, 5) is 18.0. The van der Waals surface area contributed by atoms with Gasteiger partial charge in [-0.25, -0.2) is 4.79 Å². The highest BCUT2D eigenvalue weighted by Gasteiger charge is 2.48. The summed E-state index contributed by atoms with van der Waals surface area (Å²) in [5.41, 5.74) is 0.521. The molecule has 0 radical (unpaired) electrons. The number of ether oxygens (including phenoxy) is 2. The number of hydrogen-bond acceptors (Lipinski definition) is 5. The Morgan fingerprint density at radius 1 is 1.04 bits per heavy atom. The van der Waals surface area contributed by atoms with Gasteiger partial charge in [0.25, 0.3) is 0 Å². The van der Waals surface area contributed by atoms with E-state index in [0.29, 0.717) is 18.6 Å². The molecule has 1 heterocycles. The lowest BCUT2D eigenvalue weighted by molar-refractivity contribution is -0.166. The van der Waals surface area contributed by atoms with Crippen LogP contribution in [0.25, 0.3) is 10.8 Å². The molecule has 4 rings (SSSR count). The number of methoxy groups -OCH3 is 1. The molecule has 142 valence electrons. The average molecular weight is 375 g/mol. The van der Waals surface area contributed by atoms with Crippen molar-refractivity contribution in [2.45, 2.75) is 18.4 Å². The molecular weight excluding hydrogens is 354 g/mol. The molecule has 0 bridgehead atoms. The lowest BCUT2D eigenvalue weighted by atomic mass is 9.90. The topological polar surface area (TPSA) is 57.1 Å². The number of nitrogens with zero attached hydrogens (tertiary/aromatic N) is 1. The molecule has 0 fully saturated rings. The molecular formula is C23H21NO4. The summed E-state index contributed by atoms with van der Waals surface area (Å²) < 4.78 is 10.9. The molecule has 0 aromatic heterocycles. The van der Waals surface area contributed by atoms with Crippen molar-refractivity contribution in [3.05, 3.63) is 78.4 Å². The SMILES string of the molecule is COC(=O)C1(Cc2ccccc2)CC(COc2ccc3ccccc3c2)=NO1. The minimum Gasteiger partial charge on any atom is -0.487 e. The number of carbonyl (C=O) groups is 1. The highest BCUT2D eigenvalue weighted by Crippen LogP contribution is 2.30. The number of oxime groups is 1. The lowest BCUT2D eigenvalue weighted by Crippen LogP contribution is -2.42. The normalized spacial score (nSPS) is 18.4. The molecule has 1 atom stereocenters. The van der Waals surface area contributed by atoms with E-state index in [4.69, 9.17) is 14.3 Å². The van der Waals surface area contributed by atoms with Crippen LogP contribution in [0.1, 0.15) is 12.0 Å². The summed E-state index contributed by atoms with van der Waals surface area (Å²) >= 11 is 0. The first-order chi connectivity index (χ1) is 13.7. The van der Waals surface area contributed by atoms with Crippen LogP contribution < -0.4 is 4.74 Å². The molecule has 0 saturated heterocycles. The Balaban J connectivity index is 1.45. The van der Waals surface area contributed by atoms with E-state index in [-0.39, 0.29) is 6.61 Å². The van der Waals surface area contributed by atoms with Gasteiger partial charge in [0.1, 0.15) is 12.4 Å². The fourth-order valence-corrected chi connectivity index (χ4v) is 3.44. The van der Waals surface area contributed by atoms with Crippen molar-refractivity contribution in [1.82, 2.24) is 0 Å². The van der Waals surface area contributed by atoms with Crippen LogP contribution >= 0.6 is 0 Å². The fourth-order valence-electron chi connectivity index (χ4n) is 3.44. The summed E-state index contributed by atoms with van der Waals surface area (Å²) in [6.45, 7) is 0.256. The molecule has 0 N–H and O–H groups in total. The Labute approximate surface area is 163 Å². The molecule has 0 saturated carbocycles. The standard InChI is InChI=1S/C23H21NO4/c1-26-22(25)23(14-17-7-3-2-4-8-17)15-20(24-28-23)16-27-21-12-11-18-9-5-6-10-19(18)13-21/h2-13H,14-16H2,1H3. The zero-order chi connectivity index (χ0) is 19.4. The van der Waals surface area contributed by atoms with Crippen molar-refractivity contribution in [2.75, 3.05) is 13.7 Å². The Hall–Kier alpha value is -3.34. The lowest BCUT2D eigenvalue weighted by Gasteiger charge is -2.23. The molecule has 0 aliphatic carbocycles. The maximum absolute atomic E-state index is 12.4. The van der Waals surface area contributed by atoms with Crippen LogP contribution in [0.5, 0.6) is 5.75 Å². The van der Waals surface area contributed by atoms with Crippen LogP contribution in [0.4, 0.5) is 0 Å². The predicted octanol–water partition coefficient (Wildman–Crippen LogP) is 4.15. The number of hydrogen-bond donors (Lipinski definition) is 0. The summed E-state index contributed by atoms with van der Waals surface area (Å²) in [7, 11) is 1.36. The summed E-state index contributed by atoms with van der Waals surface area (Å²) in [5.74, 6) is 0.320. The number of benzene rings is 3. The predicted molar refractivity (Wildman–Crippen MR) is 107 cm³/mol. The average Bonchev–Trinajstić information content (AvgIpc) is 3.16. The van der Waals surface area contributed by atoms with Gasteiger partial charge in [0.15, 0.2) is 0 Å². The van der Waals surface area contributed by atoms with Gasteiger partial charge in [-0.05, 0) is 28.5 Å². The van der Waals surface area contributed by atoms with Crippen LogP contribution in [0.15, 0.2) is 78.0 Å². The van der Waals surface area contributed by atoms with Crippen LogP contribution in [-0.4, -0.2) is 31.0 Å². The Morgan fingerprint density at radius 3 is 2.57 bits per heavy atom. The van der Waals surface area contributed by atoms with Crippen LogP contribution in [0.3, 0.4) is 0 Å². The quantitative estimate of drug-likeness (QED) is 0.608. The second-order valence-electron chi connectivity index (χ2n) is 6.87.